The zero-order valence-electron chi connectivity index (χ0n) is 57.5. The Labute approximate surface area is 546 Å². The highest BCUT2D eigenvalue weighted by Crippen LogP contribution is 2.56. The van der Waals surface area contributed by atoms with Gasteiger partial charge < -0.3 is 9.80 Å². The average molecular weight is 1200 g/mol. The van der Waals surface area contributed by atoms with Crippen molar-refractivity contribution in [3.05, 3.63) is 262 Å². The summed E-state index contributed by atoms with van der Waals surface area (Å²) in [5.74, 6) is 0. The molecule has 458 valence electrons. The Bertz CT molecular complexity index is 4840. The second kappa shape index (κ2) is 21.7. The maximum Gasteiger partial charge on any atom is 0.0546 e. The molecule has 0 aliphatic carbocycles. The third kappa shape index (κ3) is 10.2. The van der Waals surface area contributed by atoms with Crippen molar-refractivity contribution in [2.45, 2.75) is 146 Å². The molecular weight excluding hydrogens is 1110 g/mol. The van der Waals surface area contributed by atoms with Crippen LogP contribution in [0.5, 0.6) is 0 Å². The summed E-state index contributed by atoms with van der Waals surface area (Å²) in [6.45, 7) is 41.7. The Morgan fingerprint density at radius 1 is 0.217 bits per heavy atom. The van der Waals surface area contributed by atoms with Gasteiger partial charge in [0.1, 0.15) is 0 Å². The second-order valence-corrected chi connectivity index (χ2v) is 31.0. The molecule has 0 atom stereocenters. The van der Waals surface area contributed by atoms with E-state index in [2.05, 4.69) is 341 Å². The number of aryl methyl sites for hydroxylation is 6. The van der Waals surface area contributed by atoms with Crippen molar-refractivity contribution in [1.82, 2.24) is 0 Å². The van der Waals surface area contributed by atoms with Crippen LogP contribution in [0.2, 0.25) is 0 Å². The molecule has 14 aromatic rings. The lowest BCUT2D eigenvalue weighted by molar-refractivity contribution is 0.590. The van der Waals surface area contributed by atoms with Crippen LogP contribution in [0.25, 0.3) is 97.7 Å². The van der Waals surface area contributed by atoms with Crippen LogP contribution in [0, 0.1) is 41.5 Å². The molecule has 0 saturated heterocycles. The summed E-state index contributed by atoms with van der Waals surface area (Å²) in [4.78, 5) is 5.08. The first-order valence-corrected chi connectivity index (χ1v) is 33.3. The molecule has 0 aliphatic rings. The minimum absolute atomic E-state index is 0.0493. The second-order valence-electron chi connectivity index (χ2n) is 31.0. The summed E-state index contributed by atoms with van der Waals surface area (Å²) in [7, 11) is 0. The van der Waals surface area contributed by atoms with Crippen molar-refractivity contribution in [1.29, 1.82) is 0 Å². The van der Waals surface area contributed by atoms with Crippen LogP contribution in [0.3, 0.4) is 0 Å². The summed E-state index contributed by atoms with van der Waals surface area (Å²) in [6, 6.07) is 81.2. The summed E-state index contributed by atoms with van der Waals surface area (Å²) >= 11 is 0. The number of nitrogens with zero attached hydrogens (tertiary/aromatic N) is 2. The standard InChI is InChI=1S/C90H88N2/c1-53-19-31-63(32-20-53)91(64-33-21-54(2)22-34-64)81-51-79(83-69-41-29-59(87(7,8)9)47-75(69)57(5)67-39-27-61(49-77(67)83)89(13,14)15)71-44-46-74-82(92(65-35-23-55(3)24-36-65)66-37-25-56(4)26-38-66)52-80(72-43-45-73(81)85(71)86(72)74)84-70-42-30-60(88(10,11)12)48-76(70)58(6)68-40-28-62(50-78(68)84)90(16,17)18/h19-52H,1-18H3. The van der Waals surface area contributed by atoms with Crippen LogP contribution in [0.1, 0.15) is 139 Å². The van der Waals surface area contributed by atoms with E-state index in [-0.39, 0.29) is 21.7 Å². The molecule has 0 saturated carbocycles. The number of fused-ring (bicyclic) bond motifs is 4. The van der Waals surface area contributed by atoms with Crippen LogP contribution in [-0.4, -0.2) is 0 Å². The Kier molecular flexibility index (Phi) is 14.2. The predicted octanol–water partition coefficient (Wildman–Crippen LogP) is 26.5. The number of hydrogen-bond acceptors (Lipinski definition) is 2. The molecule has 14 aromatic carbocycles. The molecule has 0 aliphatic heterocycles. The summed E-state index contributed by atoms with van der Waals surface area (Å²) in [5.41, 5.74) is 24.2. The van der Waals surface area contributed by atoms with E-state index in [0.717, 1.165) is 34.1 Å². The number of hydrogen-bond donors (Lipinski definition) is 0. The Morgan fingerprint density at radius 3 is 0.728 bits per heavy atom. The third-order valence-corrected chi connectivity index (χ3v) is 20.3. The number of rotatable bonds is 8. The van der Waals surface area contributed by atoms with Gasteiger partial charge in [0.05, 0.1) is 11.4 Å². The van der Waals surface area contributed by atoms with E-state index >= 15 is 0 Å². The lowest BCUT2D eigenvalue weighted by Crippen LogP contribution is -2.13. The normalized spacial score (nSPS) is 12.7. The fourth-order valence-corrected chi connectivity index (χ4v) is 14.7. The summed E-state index contributed by atoms with van der Waals surface area (Å²) in [5, 5.41) is 17.6. The Balaban J connectivity index is 1.25. The van der Waals surface area contributed by atoms with E-state index in [1.165, 1.54) is 153 Å². The van der Waals surface area contributed by atoms with Gasteiger partial charge in [0, 0.05) is 44.3 Å². The quantitative estimate of drug-likeness (QED) is 0.111. The van der Waals surface area contributed by atoms with Gasteiger partial charge in [-0.2, -0.15) is 0 Å². The topological polar surface area (TPSA) is 6.48 Å². The SMILES string of the molecule is Cc1ccc(N(c2ccc(C)cc2)c2cc(-c3c4ccc(C(C)(C)C)cc4c(C)c4ccc(C(C)(C)C)cc34)c3ccc4c(N(c5ccc(C)cc5)c5ccc(C)cc5)cc(-c5c6ccc(C(C)(C)C)cc6c(C)c6ccc(C(C)(C)C)cc56)c5ccc2c3c54)cc1. The van der Waals surface area contributed by atoms with E-state index in [1.807, 2.05) is 0 Å². The van der Waals surface area contributed by atoms with E-state index in [1.54, 1.807) is 0 Å². The van der Waals surface area contributed by atoms with Crippen LogP contribution in [0.15, 0.2) is 206 Å². The minimum Gasteiger partial charge on any atom is -0.310 e. The molecule has 0 unspecified atom stereocenters. The van der Waals surface area contributed by atoms with Crippen LogP contribution in [-0.2, 0) is 21.7 Å². The van der Waals surface area contributed by atoms with Gasteiger partial charge in [-0.3, -0.25) is 0 Å². The average Bonchev–Trinajstić information content (AvgIpc) is 0.697. The first-order valence-electron chi connectivity index (χ1n) is 33.3. The van der Waals surface area contributed by atoms with E-state index in [9.17, 15) is 0 Å². The Hall–Kier alpha value is -9.24. The molecule has 0 amide bonds. The van der Waals surface area contributed by atoms with E-state index < -0.39 is 0 Å². The smallest absolute Gasteiger partial charge is 0.0546 e. The van der Waals surface area contributed by atoms with Gasteiger partial charge in [-0.25, -0.2) is 0 Å². The lowest BCUT2D eigenvalue weighted by atomic mass is 9.78. The van der Waals surface area contributed by atoms with Crippen LogP contribution < -0.4 is 9.80 Å². The van der Waals surface area contributed by atoms with Crippen molar-refractivity contribution in [2.24, 2.45) is 0 Å². The largest absolute Gasteiger partial charge is 0.310 e. The molecule has 2 nitrogen and oxygen atoms in total. The fourth-order valence-electron chi connectivity index (χ4n) is 14.7. The fraction of sp³-hybridized carbons (Fsp3) is 0.244. The molecular formula is C90H88N2. The van der Waals surface area contributed by atoms with Crippen molar-refractivity contribution in [3.63, 3.8) is 0 Å². The van der Waals surface area contributed by atoms with Gasteiger partial charge in [0.25, 0.3) is 0 Å². The van der Waals surface area contributed by atoms with Gasteiger partial charge in [0.2, 0.25) is 0 Å². The van der Waals surface area contributed by atoms with Crippen LogP contribution >= 0.6 is 0 Å². The molecule has 0 bridgehead atoms. The van der Waals surface area contributed by atoms with Gasteiger partial charge in [-0.1, -0.05) is 239 Å². The maximum absolute atomic E-state index is 2.57. The zero-order chi connectivity index (χ0) is 64.8. The van der Waals surface area contributed by atoms with Gasteiger partial charge in [-0.05, 0) is 245 Å². The van der Waals surface area contributed by atoms with Gasteiger partial charge >= 0.3 is 0 Å². The molecule has 0 spiro atoms. The molecule has 14 rings (SSSR count). The number of anilines is 6. The molecule has 92 heavy (non-hydrogen) atoms. The van der Waals surface area contributed by atoms with Gasteiger partial charge in [-0.15, -0.1) is 0 Å². The Morgan fingerprint density at radius 2 is 0.457 bits per heavy atom. The third-order valence-electron chi connectivity index (χ3n) is 20.3. The van der Waals surface area contributed by atoms with Crippen LogP contribution in [0.4, 0.5) is 34.1 Å². The first kappa shape index (κ1) is 60.3. The highest BCUT2D eigenvalue weighted by atomic mass is 15.2. The van der Waals surface area contributed by atoms with Gasteiger partial charge in [0.15, 0.2) is 0 Å². The highest BCUT2D eigenvalue weighted by Gasteiger charge is 2.31. The molecule has 0 N–H and O–H groups in total. The zero-order valence-corrected chi connectivity index (χ0v) is 57.5. The molecule has 0 aromatic heterocycles. The summed E-state index contributed by atoms with van der Waals surface area (Å²) in [6.07, 6.45) is 0. The first-order chi connectivity index (χ1) is 43.6. The molecule has 0 radical (unpaired) electrons. The maximum atomic E-state index is 2.57. The molecule has 2 heteroatoms. The van der Waals surface area contributed by atoms with Crippen molar-refractivity contribution in [3.8, 4) is 22.3 Å². The van der Waals surface area contributed by atoms with E-state index in [4.69, 9.17) is 0 Å². The van der Waals surface area contributed by atoms with E-state index in [0.29, 0.717) is 0 Å². The molecule has 0 fully saturated rings. The minimum atomic E-state index is -0.0915. The predicted molar refractivity (Wildman–Crippen MR) is 404 cm³/mol. The van der Waals surface area contributed by atoms with Crippen molar-refractivity contribution in [2.75, 3.05) is 9.80 Å². The highest BCUT2D eigenvalue weighted by molar-refractivity contribution is 6.35. The monoisotopic (exact) mass is 1200 g/mol. The molecule has 0 heterocycles. The number of benzene rings is 14. The van der Waals surface area contributed by atoms with Crippen molar-refractivity contribution < 1.29 is 0 Å². The van der Waals surface area contributed by atoms with Crippen molar-refractivity contribution >= 4 is 110 Å². The summed E-state index contributed by atoms with van der Waals surface area (Å²) < 4.78 is 0. The lowest BCUT2D eigenvalue weighted by Gasteiger charge is -2.32.